The summed E-state index contributed by atoms with van der Waals surface area (Å²) < 4.78 is 0. The van der Waals surface area contributed by atoms with Crippen molar-refractivity contribution in [1.82, 2.24) is 14.7 Å². The first-order chi connectivity index (χ1) is 13.1. The molecule has 2 atom stereocenters. The van der Waals surface area contributed by atoms with Crippen molar-refractivity contribution in [3.05, 3.63) is 0 Å². The number of likely N-dealkylation sites (tertiary alicyclic amines) is 1. The minimum atomic E-state index is 0.137. The Morgan fingerprint density at radius 1 is 0.852 bits per heavy atom. The molecule has 0 aromatic carbocycles. The monoisotopic (exact) mass is 413 g/mol. The number of nitrogens with zero attached hydrogens (tertiary/aromatic N) is 3. The molecule has 0 bridgehead atoms. The highest BCUT2D eigenvalue weighted by Crippen LogP contribution is 2.28. The zero-order valence-electron chi connectivity index (χ0n) is 16.7. The molecule has 3 fully saturated rings. The maximum atomic E-state index is 13.0. The van der Waals surface area contributed by atoms with Gasteiger partial charge in [-0.25, -0.2) is 0 Å². The Bertz CT molecular complexity index is 488. The standard InChI is InChI=1S/C20H35N3O2S2/c1-21(19(24)17-7-5-15-26-17)11-13-23(20(25)18-8-6-16-27-18)14-12-22-9-3-2-4-10-22/h17-18H,2-16H2,1H3. The number of carbonyl (C=O) groups excluding carboxylic acids is 2. The van der Waals surface area contributed by atoms with Crippen molar-refractivity contribution in [2.24, 2.45) is 0 Å². The molecular weight excluding hydrogens is 378 g/mol. The molecule has 27 heavy (non-hydrogen) atoms. The van der Waals surface area contributed by atoms with E-state index in [9.17, 15) is 9.59 Å². The lowest BCUT2D eigenvalue weighted by Gasteiger charge is -2.32. The normalized spacial score (nSPS) is 26.3. The average molecular weight is 414 g/mol. The molecule has 0 aromatic rings. The first kappa shape index (κ1) is 21.3. The van der Waals surface area contributed by atoms with Crippen molar-refractivity contribution in [2.75, 3.05) is 57.8 Å². The highest BCUT2D eigenvalue weighted by atomic mass is 32.2. The van der Waals surface area contributed by atoms with Crippen LogP contribution >= 0.6 is 23.5 Å². The van der Waals surface area contributed by atoms with Crippen molar-refractivity contribution in [2.45, 2.75) is 55.4 Å². The van der Waals surface area contributed by atoms with Crippen molar-refractivity contribution in [3.63, 3.8) is 0 Å². The van der Waals surface area contributed by atoms with Gasteiger partial charge in [0.25, 0.3) is 0 Å². The van der Waals surface area contributed by atoms with Crippen molar-refractivity contribution < 1.29 is 9.59 Å². The molecule has 2 unspecified atom stereocenters. The molecule has 7 heteroatoms. The third kappa shape index (κ3) is 6.29. The van der Waals surface area contributed by atoms with Crippen LogP contribution in [0.1, 0.15) is 44.9 Å². The lowest BCUT2D eigenvalue weighted by atomic mass is 10.1. The van der Waals surface area contributed by atoms with Crippen molar-refractivity contribution in [1.29, 1.82) is 0 Å². The smallest absolute Gasteiger partial charge is 0.235 e. The molecule has 2 amide bonds. The summed E-state index contributed by atoms with van der Waals surface area (Å²) in [7, 11) is 1.90. The third-order valence-electron chi connectivity index (χ3n) is 5.94. The summed E-state index contributed by atoms with van der Waals surface area (Å²) in [6.45, 7) is 5.42. The molecule has 3 heterocycles. The first-order valence-electron chi connectivity index (χ1n) is 10.6. The molecule has 3 aliphatic heterocycles. The van der Waals surface area contributed by atoms with Crippen LogP contribution in [0.4, 0.5) is 0 Å². The fourth-order valence-corrected chi connectivity index (χ4v) is 6.67. The van der Waals surface area contributed by atoms with Crippen molar-refractivity contribution >= 4 is 35.3 Å². The molecule has 3 saturated heterocycles. The number of piperidine rings is 1. The third-order valence-corrected chi connectivity index (χ3v) is 8.67. The Kier molecular flexibility index (Phi) is 8.65. The molecule has 5 nitrogen and oxygen atoms in total. The van der Waals surface area contributed by atoms with E-state index in [0.717, 1.165) is 63.4 Å². The van der Waals surface area contributed by atoms with Gasteiger partial charge in [0.2, 0.25) is 11.8 Å². The number of hydrogen-bond donors (Lipinski definition) is 0. The Labute approximate surface area is 173 Å². The molecule has 0 N–H and O–H groups in total. The average Bonchev–Trinajstić information content (AvgIpc) is 3.41. The number of amides is 2. The molecule has 3 aliphatic rings. The summed E-state index contributed by atoms with van der Waals surface area (Å²) in [6, 6.07) is 0. The SMILES string of the molecule is CN(CCN(CCN1CCCCC1)C(=O)C1CCCS1)C(=O)C1CCCS1. The summed E-state index contributed by atoms with van der Waals surface area (Å²) in [5.74, 6) is 2.75. The van der Waals surface area contributed by atoms with Crippen LogP contribution in [0, 0.1) is 0 Å². The van der Waals surface area contributed by atoms with Gasteiger partial charge < -0.3 is 14.7 Å². The van der Waals surface area contributed by atoms with Gasteiger partial charge in [-0.15, -0.1) is 23.5 Å². The fraction of sp³-hybridized carbons (Fsp3) is 0.900. The largest absolute Gasteiger partial charge is 0.343 e. The van der Waals surface area contributed by atoms with Crippen molar-refractivity contribution in [3.8, 4) is 0 Å². The summed E-state index contributed by atoms with van der Waals surface area (Å²) >= 11 is 3.60. The Balaban J connectivity index is 1.51. The van der Waals surface area contributed by atoms with Gasteiger partial charge in [-0.05, 0) is 63.1 Å². The molecule has 0 saturated carbocycles. The van der Waals surface area contributed by atoms with Gasteiger partial charge in [0.1, 0.15) is 0 Å². The van der Waals surface area contributed by atoms with E-state index in [2.05, 4.69) is 4.90 Å². The second kappa shape index (κ2) is 11.0. The summed E-state index contributed by atoms with van der Waals surface area (Å²) in [5, 5.41) is 0.274. The number of carbonyl (C=O) groups is 2. The summed E-state index contributed by atoms with van der Waals surface area (Å²) in [4.78, 5) is 32.0. The van der Waals surface area contributed by atoms with Crippen LogP contribution in [0.2, 0.25) is 0 Å². The van der Waals surface area contributed by atoms with Gasteiger partial charge >= 0.3 is 0 Å². The molecule has 154 valence electrons. The van der Waals surface area contributed by atoms with Gasteiger partial charge in [0, 0.05) is 33.2 Å². The van der Waals surface area contributed by atoms with Crippen LogP contribution < -0.4 is 0 Å². The fourth-order valence-electron chi connectivity index (χ4n) is 4.15. The predicted octanol–water partition coefficient (Wildman–Crippen LogP) is 2.55. The molecule has 0 aliphatic carbocycles. The summed E-state index contributed by atoms with van der Waals surface area (Å²) in [6.07, 6.45) is 8.21. The van der Waals surface area contributed by atoms with Gasteiger partial charge in [-0.2, -0.15) is 0 Å². The quantitative estimate of drug-likeness (QED) is 0.612. The number of likely N-dealkylation sites (N-methyl/N-ethyl adjacent to an activating group) is 1. The van der Waals surface area contributed by atoms with Gasteiger partial charge in [-0.1, -0.05) is 6.42 Å². The zero-order chi connectivity index (χ0) is 19.1. The molecule has 0 radical (unpaired) electrons. The van der Waals surface area contributed by atoms with Crippen LogP contribution in [0.3, 0.4) is 0 Å². The second-order valence-corrected chi connectivity index (χ2v) is 10.6. The maximum absolute atomic E-state index is 13.0. The number of hydrogen-bond acceptors (Lipinski definition) is 5. The Morgan fingerprint density at radius 3 is 2.07 bits per heavy atom. The highest BCUT2D eigenvalue weighted by molar-refractivity contribution is 8.01. The molecule has 0 aromatic heterocycles. The zero-order valence-corrected chi connectivity index (χ0v) is 18.4. The minimum Gasteiger partial charge on any atom is -0.343 e. The van der Waals surface area contributed by atoms with Crippen LogP contribution in [-0.4, -0.2) is 94.8 Å². The number of thioether (sulfide) groups is 2. The van der Waals surface area contributed by atoms with E-state index >= 15 is 0 Å². The predicted molar refractivity (Wildman–Crippen MR) is 115 cm³/mol. The van der Waals surface area contributed by atoms with Crippen LogP contribution in [0.25, 0.3) is 0 Å². The lowest BCUT2D eigenvalue weighted by molar-refractivity contribution is -0.134. The van der Waals surface area contributed by atoms with Gasteiger partial charge in [0.05, 0.1) is 10.5 Å². The number of rotatable bonds is 8. The lowest BCUT2D eigenvalue weighted by Crippen LogP contribution is -2.47. The molecule has 0 spiro atoms. The van der Waals surface area contributed by atoms with Crippen LogP contribution in [-0.2, 0) is 9.59 Å². The first-order valence-corrected chi connectivity index (χ1v) is 12.7. The van der Waals surface area contributed by atoms with Gasteiger partial charge in [0.15, 0.2) is 0 Å². The maximum Gasteiger partial charge on any atom is 0.235 e. The van der Waals surface area contributed by atoms with E-state index in [0.29, 0.717) is 19.0 Å². The van der Waals surface area contributed by atoms with E-state index in [4.69, 9.17) is 0 Å². The highest BCUT2D eigenvalue weighted by Gasteiger charge is 2.30. The minimum absolute atomic E-state index is 0.137. The molecule has 3 rings (SSSR count). The van der Waals surface area contributed by atoms with Gasteiger partial charge in [-0.3, -0.25) is 9.59 Å². The Morgan fingerprint density at radius 2 is 1.48 bits per heavy atom. The Hall–Kier alpha value is -0.400. The van der Waals surface area contributed by atoms with E-state index in [1.807, 2.05) is 28.6 Å². The molecular formula is C20H35N3O2S2. The topological polar surface area (TPSA) is 43.9 Å². The van der Waals surface area contributed by atoms with E-state index in [1.54, 1.807) is 11.8 Å². The van der Waals surface area contributed by atoms with Crippen LogP contribution in [0.15, 0.2) is 0 Å². The van der Waals surface area contributed by atoms with E-state index in [1.165, 1.54) is 19.3 Å². The van der Waals surface area contributed by atoms with E-state index in [-0.39, 0.29) is 16.4 Å². The van der Waals surface area contributed by atoms with E-state index < -0.39 is 0 Å². The summed E-state index contributed by atoms with van der Waals surface area (Å²) in [5.41, 5.74) is 0. The second-order valence-electron chi connectivity index (χ2n) is 7.99. The van der Waals surface area contributed by atoms with Crippen LogP contribution in [0.5, 0.6) is 0 Å².